The van der Waals surface area contributed by atoms with Crippen LogP contribution in [-0.2, 0) is 6.42 Å². The zero-order valence-corrected chi connectivity index (χ0v) is 12.9. The molecule has 108 valence electrons. The first-order chi connectivity index (χ1) is 9.13. The van der Waals surface area contributed by atoms with E-state index in [0.29, 0.717) is 0 Å². The number of benzene rings is 1. The van der Waals surface area contributed by atoms with Crippen LogP contribution in [0.2, 0.25) is 0 Å². The number of aliphatic hydroxyl groups excluding tert-OH is 1. The average Bonchev–Trinajstić information content (AvgIpc) is 2.45. The Balaban J connectivity index is 2.74. The SMILES string of the molecule is CCCN(CCC)C(C)C(O)c1ccc(CC)cc1. The molecule has 1 aromatic rings. The number of aliphatic hydroxyl groups is 1. The van der Waals surface area contributed by atoms with Gasteiger partial charge in [0.1, 0.15) is 0 Å². The summed E-state index contributed by atoms with van der Waals surface area (Å²) in [6, 6.07) is 8.55. The Hall–Kier alpha value is -0.860. The Morgan fingerprint density at radius 1 is 1.00 bits per heavy atom. The molecule has 0 aliphatic carbocycles. The molecule has 2 atom stereocenters. The Bertz CT molecular complexity index is 341. The lowest BCUT2D eigenvalue weighted by Gasteiger charge is -2.32. The summed E-state index contributed by atoms with van der Waals surface area (Å²) in [7, 11) is 0. The van der Waals surface area contributed by atoms with Gasteiger partial charge in [0.25, 0.3) is 0 Å². The number of hydrogen-bond acceptors (Lipinski definition) is 2. The van der Waals surface area contributed by atoms with Gasteiger partial charge < -0.3 is 5.11 Å². The molecule has 0 radical (unpaired) electrons. The van der Waals surface area contributed by atoms with Crippen molar-refractivity contribution in [2.75, 3.05) is 13.1 Å². The average molecular weight is 263 g/mol. The third-order valence-electron chi connectivity index (χ3n) is 3.78. The van der Waals surface area contributed by atoms with Crippen molar-refractivity contribution in [1.82, 2.24) is 4.90 Å². The second kappa shape index (κ2) is 8.34. The Labute approximate surface area is 118 Å². The van der Waals surface area contributed by atoms with Crippen LogP contribution in [0, 0.1) is 0 Å². The van der Waals surface area contributed by atoms with Gasteiger partial charge in [0.2, 0.25) is 0 Å². The van der Waals surface area contributed by atoms with E-state index in [0.717, 1.165) is 37.9 Å². The summed E-state index contributed by atoms with van der Waals surface area (Å²) >= 11 is 0. The minimum Gasteiger partial charge on any atom is -0.387 e. The molecular formula is C17H29NO. The van der Waals surface area contributed by atoms with Crippen LogP contribution >= 0.6 is 0 Å². The minimum atomic E-state index is -0.399. The molecule has 0 spiro atoms. The van der Waals surface area contributed by atoms with E-state index in [1.54, 1.807) is 0 Å². The van der Waals surface area contributed by atoms with Crippen molar-refractivity contribution >= 4 is 0 Å². The normalized spacial score (nSPS) is 14.6. The lowest BCUT2D eigenvalue weighted by Crippen LogP contribution is -2.38. The van der Waals surface area contributed by atoms with E-state index in [2.05, 4.69) is 56.9 Å². The highest BCUT2D eigenvalue weighted by Gasteiger charge is 2.21. The third kappa shape index (κ3) is 4.63. The van der Waals surface area contributed by atoms with Crippen LogP contribution in [0.1, 0.15) is 57.8 Å². The largest absolute Gasteiger partial charge is 0.387 e. The monoisotopic (exact) mass is 263 g/mol. The highest BCUT2D eigenvalue weighted by Crippen LogP contribution is 2.22. The Morgan fingerprint density at radius 2 is 1.53 bits per heavy atom. The van der Waals surface area contributed by atoms with Crippen molar-refractivity contribution in [3.63, 3.8) is 0 Å². The van der Waals surface area contributed by atoms with E-state index < -0.39 is 6.10 Å². The molecule has 0 amide bonds. The third-order valence-corrected chi connectivity index (χ3v) is 3.78. The van der Waals surface area contributed by atoms with Crippen molar-refractivity contribution in [3.05, 3.63) is 35.4 Å². The van der Waals surface area contributed by atoms with Crippen molar-refractivity contribution in [3.8, 4) is 0 Å². The molecule has 0 saturated heterocycles. The van der Waals surface area contributed by atoms with Crippen LogP contribution in [0.4, 0.5) is 0 Å². The molecule has 1 rings (SSSR count). The molecule has 0 aliphatic heterocycles. The Morgan fingerprint density at radius 3 is 1.95 bits per heavy atom. The smallest absolute Gasteiger partial charge is 0.0942 e. The van der Waals surface area contributed by atoms with E-state index in [1.807, 2.05) is 0 Å². The Kier molecular flexibility index (Phi) is 7.11. The van der Waals surface area contributed by atoms with E-state index >= 15 is 0 Å². The van der Waals surface area contributed by atoms with Gasteiger partial charge in [-0.25, -0.2) is 0 Å². The standard InChI is InChI=1S/C17H29NO/c1-5-12-18(13-6-2)14(4)17(19)16-10-8-15(7-3)9-11-16/h8-11,14,17,19H,5-7,12-13H2,1-4H3. The van der Waals surface area contributed by atoms with Crippen LogP contribution in [0.15, 0.2) is 24.3 Å². The van der Waals surface area contributed by atoms with Gasteiger partial charge in [0.15, 0.2) is 0 Å². The van der Waals surface area contributed by atoms with E-state index in [1.165, 1.54) is 5.56 Å². The molecule has 2 heteroatoms. The van der Waals surface area contributed by atoms with E-state index in [9.17, 15) is 5.11 Å². The van der Waals surface area contributed by atoms with Gasteiger partial charge in [-0.2, -0.15) is 0 Å². The first-order valence-corrected chi connectivity index (χ1v) is 7.64. The van der Waals surface area contributed by atoms with Crippen LogP contribution in [0.3, 0.4) is 0 Å². The van der Waals surface area contributed by atoms with Gasteiger partial charge in [-0.15, -0.1) is 0 Å². The van der Waals surface area contributed by atoms with Crippen LogP contribution < -0.4 is 0 Å². The number of rotatable bonds is 8. The maximum Gasteiger partial charge on any atom is 0.0942 e. The summed E-state index contributed by atoms with van der Waals surface area (Å²) in [6.07, 6.45) is 2.91. The second-order valence-corrected chi connectivity index (χ2v) is 5.32. The minimum absolute atomic E-state index is 0.173. The summed E-state index contributed by atoms with van der Waals surface area (Å²) < 4.78 is 0. The highest BCUT2D eigenvalue weighted by molar-refractivity contribution is 5.24. The fourth-order valence-electron chi connectivity index (χ4n) is 2.52. The van der Waals surface area contributed by atoms with E-state index in [-0.39, 0.29) is 6.04 Å². The van der Waals surface area contributed by atoms with Crippen molar-refractivity contribution in [2.45, 2.75) is 59.1 Å². The molecule has 0 bridgehead atoms. The molecule has 1 N–H and O–H groups in total. The number of nitrogens with zero attached hydrogens (tertiary/aromatic N) is 1. The van der Waals surface area contributed by atoms with E-state index in [4.69, 9.17) is 0 Å². The molecule has 0 aliphatic rings. The molecule has 0 aromatic heterocycles. The van der Waals surface area contributed by atoms with Gasteiger partial charge in [-0.05, 0) is 50.4 Å². The first kappa shape index (κ1) is 16.2. The zero-order valence-electron chi connectivity index (χ0n) is 12.9. The van der Waals surface area contributed by atoms with Crippen LogP contribution in [0.25, 0.3) is 0 Å². The molecular weight excluding hydrogens is 234 g/mol. The highest BCUT2D eigenvalue weighted by atomic mass is 16.3. The zero-order chi connectivity index (χ0) is 14.3. The predicted octanol–water partition coefficient (Wildman–Crippen LogP) is 3.79. The predicted molar refractivity (Wildman–Crippen MR) is 82.4 cm³/mol. The summed E-state index contributed by atoms with van der Waals surface area (Å²) in [4.78, 5) is 2.39. The van der Waals surface area contributed by atoms with Crippen LogP contribution in [0.5, 0.6) is 0 Å². The van der Waals surface area contributed by atoms with Gasteiger partial charge in [-0.3, -0.25) is 4.90 Å². The summed E-state index contributed by atoms with van der Waals surface area (Å²) in [5.74, 6) is 0. The maximum absolute atomic E-state index is 10.5. The van der Waals surface area contributed by atoms with Gasteiger partial charge >= 0.3 is 0 Å². The quantitative estimate of drug-likeness (QED) is 0.771. The lowest BCUT2D eigenvalue weighted by molar-refractivity contribution is 0.0576. The molecule has 0 fully saturated rings. The topological polar surface area (TPSA) is 23.5 Å². The van der Waals surface area contributed by atoms with Gasteiger partial charge in [-0.1, -0.05) is 45.0 Å². The van der Waals surface area contributed by atoms with Crippen molar-refractivity contribution in [2.24, 2.45) is 0 Å². The molecule has 19 heavy (non-hydrogen) atoms. The van der Waals surface area contributed by atoms with Crippen LogP contribution in [-0.4, -0.2) is 29.1 Å². The fraction of sp³-hybridized carbons (Fsp3) is 0.647. The number of hydrogen-bond donors (Lipinski definition) is 1. The second-order valence-electron chi connectivity index (χ2n) is 5.32. The molecule has 0 heterocycles. The summed E-state index contributed by atoms with van der Waals surface area (Å²) in [5, 5.41) is 10.5. The molecule has 0 saturated carbocycles. The first-order valence-electron chi connectivity index (χ1n) is 7.64. The van der Waals surface area contributed by atoms with Crippen molar-refractivity contribution in [1.29, 1.82) is 0 Å². The fourth-order valence-corrected chi connectivity index (χ4v) is 2.52. The number of aryl methyl sites for hydroxylation is 1. The van der Waals surface area contributed by atoms with Gasteiger partial charge in [0.05, 0.1) is 6.10 Å². The summed E-state index contributed by atoms with van der Waals surface area (Å²) in [6.45, 7) is 10.8. The van der Waals surface area contributed by atoms with Gasteiger partial charge in [0, 0.05) is 6.04 Å². The summed E-state index contributed by atoms with van der Waals surface area (Å²) in [5.41, 5.74) is 2.35. The molecule has 2 unspecified atom stereocenters. The lowest BCUT2D eigenvalue weighted by atomic mass is 10.00. The maximum atomic E-state index is 10.5. The molecule has 1 aromatic carbocycles. The van der Waals surface area contributed by atoms with Crippen molar-refractivity contribution < 1.29 is 5.11 Å². The molecule has 2 nitrogen and oxygen atoms in total.